The van der Waals surface area contributed by atoms with Gasteiger partial charge in [0.15, 0.2) is 0 Å². The van der Waals surface area contributed by atoms with Gasteiger partial charge in [-0.3, -0.25) is 14.5 Å². The molecule has 0 aliphatic rings. The van der Waals surface area contributed by atoms with E-state index in [2.05, 4.69) is 5.32 Å². The predicted molar refractivity (Wildman–Crippen MR) is 70.9 cm³/mol. The van der Waals surface area contributed by atoms with E-state index in [-0.39, 0.29) is 19.0 Å². The van der Waals surface area contributed by atoms with E-state index in [1.54, 1.807) is 19.2 Å². The first-order valence-electron chi connectivity index (χ1n) is 5.51. The Morgan fingerprint density at radius 3 is 2.56 bits per heavy atom. The Morgan fingerprint density at radius 1 is 1.33 bits per heavy atom. The van der Waals surface area contributed by atoms with Gasteiger partial charge in [0.25, 0.3) is 0 Å². The summed E-state index contributed by atoms with van der Waals surface area (Å²) in [5.74, 6) is -0.688. The summed E-state index contributed by atoms with van der Waals surface area (Å²) in [5, 5.41) is 2.70. The molecule has 98 valence electrons. The SMILES string of the molecule is Cc1ccc(NC(=O)CN(C)CC(N)=O)cc1N. The molecule has 0 unspecified atom stereocenters. The summed E-state index contributed by atoms with van der Waals surface area (Å²) in [6.45, 7) is 2.03. The summed E-state index contributed by atoms with van der Waals surface area (Å²) in [4.78, 5) is 23.9. The molecule has 1 rings (SSSR count). The highest BCUT2D eigenvalue weighted by Crippen LogP contribution is 2.16. The number of nitrogens with zero attached hydrogens (tertiary/aromatic N) is 1. The number of nitrogen functional groups attached to an aromatic ring is 1. The molecule has 1 aromatic rings. The summed E-state index contributed by atoms with van der Waals surface area (Å²) in [6.07, 6.45) is 0. The number of anilines is 2. The zero-order valence-corrected chi connectivity index (χ0v) is 10.6. The van der Waals surface area contributed by atoms with Crippen LogP contribution in [0.15, 0.2) is 18.2 Å². The molecule has 0 aliphatic carbocycles. The second kappa shape index (κ2) is 6.02. The molecule has 0 heterocycles. The number of nitrogens with one attached hydrogen (secondary N) is 1. The summed E-state index contributed by atoms with van der Waals surface area (Å²) >= 11 is 0. The van der Waals surface area contributed by atoms with Gasteiger partial charge in [0.1, 0.15) is 0 Å². The Kier molecular flexibility index (Phi) is 4.67. The van der Waals surface area contributed by atoms with E-state index < -0.39 is 5.91 Å². The third-order valence-electron chi connectivity index (χ3n) is 2.40. The van der Waals surface area contributed by atoms with Gasteiger partial charge < -0.3 is 16.8 Å². The van der Waals surface area contributed by atoms with Gasteiger partial charge in [-0.2, -0.15) is 0 Å². The average Bonchev–Trinajstić information content (AvgIpc) is 2.21. The monoisotopic (exact) mass is 250 g/mol. The first-order valence-corrected chi connectivity index (χ1v) is 5.51. The highest BCUT2D eigenvalue weighted by Gasteiger charge is 2.09. The molecule has 6 nitrogen and oxygen atoms in total. The molecule has 0 aromatic heterocycles. The second-order valence-electron chi connectivity index (χ2n) is 4.26. The van der Waals surface area contributed by atoms with Gasteiger partial charge in [0, 0.05) is 11.4 Å². The van der Waals surface area contributed by atoms with Crippen molar-refractivity contribution in [2.75, 3.05) is 31.2 Å². The Morgan fingerprint density at radius 2 is 2.00 bits per heavy atom. The number of likely N-dealkylation sites (N-methyl/N-ethyl adjacent to an activating group) is 1. The van der Waals surface area contributed by atoms with Gasteiger partial charge in [0.05, 0.1) is 13.1 Å². The molecule has 0 bridgehead atoms. The minimum Gasteiger partial charge on any atom is -0.398 e. The van der Waals surface area contributed by atoms with Crippen molar-refractivity contribution in [2.24, 2.45) is 5.73 Å². The number of hydrogen-bond donors (Lipinski definition) is 3. The standard InChI is InChI=1S/C12H18N4O2/c1-8-3-4-9(5-10(8)13)15-12(18)7-16(2)6-11(14)17/h3-5H,6-7,13H2,1-2H3,(H2,14,17)(H,15,18). The van der Waals surface area contributed by atoms with Crippen molar-refractivity contribution < 1.29 is 9.59 Å². The molecule has 18 heavy (non-hydrogen) atoms. The minimum atomic E-state index is -0.468. The second-order valence-corrected chi connectivity index (χ2v) is 4.26. The molecule has 0 atom stereocenters. The van der Waals surface area contributed by atoms with Crippen LogP contribution in [0, 0.1) is 6.92 Å². The van der Waals surface area contributed by atoms with E-state index in [1.165, 1.54) is 4.90 Å². The van der Waals surface area contributed by atoms with Crippen LogP contribution in [-0.4, -0.2) is 36.9 Å². The van der Waals surface area contributed by atoms with Crippen LogP contribution in [0.1, 0.15) is 5.56 Å². The number of aryl methyl sites for hydroxylation is 1. The molecule has 0 saturated heterocycles. The molecule has 0 fully saturated rings. The van der Waals surface area contributed by atoms with Crippen LogP contribution in [-0.2, 0) is 9.59 Å². The smallest absolute Gasteiger partial charge is 0.238 e. The number of primary amides is 1. The zero-order valence-electron chi connectivity index (χ0n) is 10.6. The van der Waals surface area contributed by atoms with Crippen LogP contribution in [0.4, 0.5) is 11.4 Å². The van der Waals surface area contributed by atoms with Gasteiger partial charge in [-0.25, -0.2) is 0 Å². The average molecular weight is 250 g/mol. The molecule has 5 N–H and O–H groups in total. The van der Waals surface area contributed by atoms with Gasteiger partial charge in [-0.1, -0.05) is 6.07 Å². The maximum atomic E-state index is 11.7. The van der Waals surface area contributed by atoms with Crippen LogP contribution in [0.5, 0.6) is 0 Å². The van der Waals surface area contributed by atoms with Crippen molar-refractivity contribution in [1.29, 1.82) is 0 Å². The molecule has 0 aliphatic heterocycles. The molecule has 0 radical (unpaired) electrons. The van der Waals surface area contributed by atoms with Gasteiger partial charge in [-0.15, -0.1) is 0 Å². The largest absolute Gasteiger partial charge is 0.398 e. The fourth-order valence-electron chi connectivity index (χ4n) is 1.49. The van der Waals surface area contributed by atoms with Crippen molar-refractivity contribution >= 4 is 23.2 Å². The van der Waals surface area contributed by atoms with Crippen molar-refractivity contribution in [3.8, 4) is 0 Å². The van der Waals surface area contributed by atoms with Crippen LogP contribution < -0.4 is 16.8 Å². The van der Waals surface area contributed by atoms with Crippen LogP contribution in [0.3, 0.4) is 0 Å². The number of nitrogens with two attached hydrogens (primary N) is 2. The van der Waals surface area contributed by atoms with Crippen LogP contribution in [0.25, 0.3) is 0 Å². The zero-order chi connectivity index (χ0) is 13.7. The van der Waals surface area contributed by atoms with Crippen molar-refractivity contribution in [3.05, 3.63) is 23.8 Å². The lowest BCUT2D eigenvalue weighted by Crippen LogP contribution is -2.36. The molecule has 0 spiro atoms. The Bertz CT molecular complexity index is 459. The highest BCUT2D eigenvalue weighted by molar-refractivity contribution is 5.93. The Balaban J connectivity index is 2.54. The maximum absolute atomic E-state index is 11.7. The van der Waals surface area contributed by atoms with E-state index in [1.807, 2.05) is 13.0 Å². The number of carbonyl (C=O) groups excluding carboxylic acids is 2. The fraction of sp³-hybridized carbons (Fsp3) is 0.333. The number of hydrogen-bond acceptors (Lipinski definition) is 4. The Hall–Kier alpha value is -2.08. The molecule has 6 heteroatoms. The molecule has 0 saturated carbocycles. The summed E-state index contributed by atoms with van der Waals surface area (Å²) in [5.41, 5.74) is 13.0. The van der Waals surface area contributed by atoms with E-state index in [9.17, 15) is 9.59 Å². The minimum absolute atomic E-state index is 0.0451. The Labute approximate surface area is 106 Å². The summed E-state index contributed by atoms with van der Waals surface area (Å²) < 4.78 is 0. The normalized spacial score (nSPS) is 10.4. The quantitative estimate of drug-likeness (QED) is 0.637. The molecule has 1 aromatic carbocycles. The topological polar surface area (TPSA) is 101 Å². The van der Waals surface area contributed by atoms with Gasteiger partial charge in [0.2, 0.25) is 11.8 Å². The van der Waals surface area contributed by atoms with E-state index in [0.29, 0.717) is 11.4 Å². The predicted octanol–water partition coefficient (Wildman–Crippen LogP) is -0.0672. The molecule has 2 amide bonds. The number of amides is 2. The van der Waals surface area contributed by atoms with E-state index in [0.717, 1.165) is 5.56 Å². The van der Waals surface area contributed by atoms with E-state index in [4.69, 9.17) is 11.5 Å². The molecular formula is C12H18N4O2. The van der Waals surface area contributed by atoms with Crippen molar-refractivity contribution in [3.63, 3.8) is 0 Å². The lowest BCUT2D eigenvalue weighted by Gasteiger charge is -2.14. The third-order valence-corrected chi connectivity index (χ3v) is 2.40. The van der Waals surface area contributed by atoms with Crippen LogP contribution in [0.2, 0.25) is 0 Å². The highest BCUT2D eigenvalue weighted by atomic mass is 16.2. The first kappa shape index (κ1) is 14.0. The van der Waals surface area contributed by atoms with Gasteiger partial charge in [-0.05, 0) is 31.7 Å². The summed E-state index contributed by atoms with van der Waals surface area (Å²) in [6, 6.07) is 5.30. The van der Waals surface area contributed by atoms with Crippen molar-refractivity contribution in [1.82, 2.24) is 4.90 Å². The number of rotatable bonds is 5. The van der Waals surface area contributed by atoms with E-state index >= 15 is 0 Å². The lowest BCUT2D eigenvalue weighted by molar-refractivity contribution is -0.120. The summed E-state index contributed by atoms with van der Waals surface area (Å²) in [7, 11) is 1.65. The fourth-order valence-corrected chi connectivity index (χ4v) is 1.49. The lowest BCUT2D eigenvalue weighted by atomic mass is 10.2. The van der Waals surface area contributed by atoms with Crippen LogP contribution >= 0.6 is 0 Å². The number of carbonyl (C=O) groups is 2. The maximum Gasteiger partial charge on any atom is 0.238 e. The number of benzene rings is 1. The van der Waals surface area contributed by atoms with Crippen molar-refractivity contribution in [2.45, 2.75) is 6.92 Å². The van der Waals surface area contributed by atoms with Gasteiger partial charge >= 0.3 is 0 Å². The molecular weight excluding hydrogens is 232 g/mol. The first-order chi connectivity index (χ1) is 8.38. The third kappa shape index (κ3) is 4.42.